The topological polar surface area (TPSA) is 107 Å². The molecule has 2 bridgehead atoms. The van der Waals surface area contributed by atoms with Crippen LogP contribution in [0, 0.1) is 5.92 Å². The molecule has 3 atom stereocenters. The number of rotatable bonds is 6. The summed E-state index contributed by atoms with van der Waals surface area (Å²) in [5.74, 6) is -0.179. The number of anilines is 1. The number of hydrogen-bond acceptors (Lipinski definition) is 8. The van der Waals surface area contributed by atoms with E-state index >= 15 is 0 Å². The average Bonchev–Trinajstić information content (AvgIpc) is 3.40. The fourth-order valence-electron chi connectivity index (χ4n) is 5.15. The molecule has 0 aliphatic carbocycles. The molecular formula is C28H43N7O4. The van der Waals surface area contributed by atoms with Crippen molar-refractivity contribution >= 4 is 17.5 Å². The molecule has 1 saturated heterocycles. The summed E-state index contributed by atoms with van der Waals surface area (Å²) in [6, 6.07) is 7.52. The Morgan fingerprint density at radius 3 is 2.59 bits per heavy atom. The van der Waals surface area contributed by atoms with E-state index in [9.17, 15) is 14.7 Å². The van der Waals surface area contributed by atoms with Crippen molar-refractivity contribution in [3.63, 3.8) is 0 Å². The van der Waals surface area contributed by atoms with Crippen LogP contribution in [0.15, 0.2) is 30.5 Å². The molecule has 3 heterocycles. The molecule has 2 aliphatic rings. The number of fused-ring (bicyclic) bond motifs is 2. The molecule has 39 heavy (non-hydrogen) atoms. The summed E-state index contributed by atoms with van der Waals surface area (Å²) in [5, 5.41) is 18.2. The molecule has 1 aromatic heterocycles. The minimum Gasteiger partial charge on any atom is -0.394 e. The first-order valence-corrected chi connectivity index (χ1v) is 13.9. The minimum absolute atomic E-state index is 0.00777. The van der Waals surface area contributed by atoms with Crippen LogP contribution >= 0.6 is 0 Å². The molecule has 214 valence electrons. The number of ether oxygens (including phenoxy) is 1. The number of hydrogen-bond donors (Lipinski definition) is 1. The highest BCUT2D eigenvalue weighted by Crippen LogP contribution is 2.20. The van der Waals surface area contributed by atoms with Gasteiger partial charge in [-0.2, -0.15) is 0 Å². The van der Waals surface area contributed by atoms with Crippen LogP contribution in [0.5, 0.6) is 0 Å². The van der Waals surface area contributed by atoms with Gasteiger partial charge >= 0.3 is 0 Å². The molecule has 4 rings (SSSR count). The second kappa shape index (κ2) is 13.4. The largest absolute Gasteiger partial charge is 0.394 e. The number of benzene rings is 1. The number of aryl methyl sites for hydroxylation is 1. The molecule has 1 N–H and O–H groups in total. The normalized spacial score (nSPS) is 22.5. The van der Waals surface area contributed by atoms with Gasteiger partial charge in [0, 0.05) is 76.5 Å². The monoisotopic (exact) mass is 541 g/mol. The van der Waals surface area contributed by atoms with Crippen LogP contribution < -0.4 is 4.90 Å². The first kappa shape index (κ1) is 29.0. The van der Waals surface area contributed by atoms with E-state index in [1.807, 2.05) is 44.3 Å². The first-order valence-electron chi connectivity index (χ1n) is 13.9. The summed E-state index contributed by atoms with van der Waals surface area (Å²) >= 11 is 0. The van der Waals surface area contributed by atoms with Crippen molar-refractivity contribution in [3.05, 3.63) is 41.7 Å². The standard InChI is InChI=1S/C28H43N7O4/c1-21-16-35(22(2)19-36)27(37)6-5-11-34-17-24(29-30-34)20-39-26(21)18-32(4)28(38)23-7-9-25(10-8-23)33-14-12-31(3)13-15-33/h7-10,17,21-22,26,36H,5-6,11-16,18-20H2,1-4H3/t21-,22+,26-/m0/s1. The van der Waals surface area contributed by atoms with Gasteiger partial charge in [0.1, 0.15) is 5.69 Å². The summed E-state index contributed by atoms with van der Waals surface area (Å²) < 4.78 is 8.03. The molecule has 1 aromatic carbocycles. The second-order valence-corrected chi connectivity index (χ2v) is 11.0. The minimum atomic E-state index is -0.351. The molecule has 11 heteroatoms. The zero-order valence-electron chi connectivity index (χ0n) is 23.7. The van der Waals surface area contributed by atoms with Crippen molar-refractivity contribution in [1.29, 1.82) is 0 Å². The molecule has 2 aliphatic heterocycles. The Bertz CT molecular complexity index is 1080. The van der Waals surface area contributed by atoms with Crippen molar-refractivity contribution in [3.8, 4) is 0 Å². The van der Waals surface area contributed by atoms with Crippen molar-refractivity contribution in [2.75, 3.05) is 64.9 Å². The highest BCUT2D eigenvalue weighted by Gasteiger charge is 2.29. The van der Waals surface area contributed by atoms with Crippen LogP contribution in [0.25, 0.3) is 0 Å². The number of aliphatic hydroxyl groups excluding tert-OH is 1. The Morgan fingerprint density at radius 2 is 1.90 bits per heavy atom. The lowest BCUT2D eigenvalue weighted by atomic mass is 10.0. The molecule has 11 nitrogen and oxygen atoms in total. The van der Waals surface area contributed by atoms with Crippen LogP contribution in [0.3, 0.4) is 0 Å². The van der Waals surface area contributed by atoms with Gasteiger partial charge in [0.2, 0.25) is 5.91 Å². The fraction of sp³-hybridized carbons (Fsp3) is 0.643. The van der Waals surface area contributed by atoms with E-state index in [1.165, 1.54) is 0 Å². The van der Waals surface area contributed by atoms with Gasteiger partial charge in [-0.05, 0) is 44.7 Å². The maximum absolute atomic E-state index is 13.4. The number of aliphatic hydroxyl groups is 1. The Hall–Kier alpha value is -3.02. The number of nitrogens with zero attached hydrogens (tertiary/aromatic N) is 7. The first-order chi connectivity index (χ1) is 18.7. The molecule has 0 saturated carbocycles. The highest BCUT2D eigenvalue weighted by molar-refractivity contribution is 5.94. The Kier molecular flexibility index (Phi) is 9.93. The van der Waals surface area contributed by atoms with Gasteiger partial charge in [-0.3, -0.25) is 14.3 Å². The fourth-order valence-corrected chi connectivity index (χ4v) is 5.15. The van der Waals surface area contributed by atoms with Crippen LogP contribution in [0.1, 0.15) is 42.7 Å². The smallest absolute Gasteiger partial charge is 0.253 e. The highest BCUT2D eigenvalue weighted by atomic mass is 16.5. The predicted molar refractivity (Wildman–Crippen MR) is 148 cm³/mol. The van der Waals surface area contributed by atoms with E-state index in [0.29, 0.717) is 43.7 Å². The maximum atomic E-state index is 13.4. The third-order valence-corrected chi connectivity index (χ3v) is 7.83. The van der Waals surface area contributed by atoms with E-state index in [4.69, 9.17) is 4.74 Å². The molecule has 2 amide bonds. The quantitative estimate of drug-likeness (QED) is 0.584. The van der Waals surface area contributed by atoms with Crippen molar-refractivity contribution in [2.24, 2.45) is 5.92 Å². The van der Waals surface area contributed by atoms with E-state index in [-0.39, 0.29) is 43.1 Å². The van der Waals surface area contributed by atoms with Gasteiger partial charge in [-0.1, -0.05) is 12.1 Å². The zero-order valence-corrected chi connectivity index (χ0v) is 23.7. The van der Waals surface area contributed by atoms with Gasteiger partial charge in [0.15, 0.2) is 0 Å². The summed E-state index contributed by atoms with van der Waals surface area (Å²) in [6.07, 6.45) is 2.49. The summed E-state index contributed by atoms with van der Waals surface area (Å²) in [4.78, 5) is 34.5. The Labute approximate surface area is 231 Å². The van der Waals surface area contributed by atoms with Gasteiger partial charge in [-0.25, -0.2) is 0 Å². The summed E-state index contributed by atoms with van der Waals surface area (Å²) in [7, 11) is 3.92. The van der Waals surface area contributed by atoms with E-state index in [1.54, 1.807) is 21.5 Å². The molecule has 2 aromatic rings. The Morgan fingerprint density at radius 1 is 1.18 bits per heavy atom. The van der Waals surface area contributed by atoms with Crippen LogP contribution in [0.2, 0.25) is 0 Å². The molecule has 0 unspecified atom stereocenters. The summed E-state index contributed by atoms with van der Waals surface area (Å²) in [6.45, 7) is 9.40. The molecule has 0 spiro atoms. The van der Waals surface area contributed by atoms with Crippen LogP contribution in [-0.2, 0) is 22.7 Å². The number of piperazine rings is 1. The third kappa shape index (κ3) is 7.55. The second-order valence-electron chi connectivity index (χ2n) is 11.0. The summed E-state index contributed by atoms with van der Waals surface area (Å²) in [5.41, 5.74) is 2.47. The van der Waals surface area contributed by atoms with Gasteiger partial charge in [-0.15, -0.1) is 5.10 Å². The van der Waals surface area contributed by atoms with E-state index in [0.717, 1.165) is 31.9 Å². The molecular weight excluding hydrogens is 498 g/mol. The molecule has 1 fully saturated rings. The number of aromatic nitrogens is 3. The lowest BCUT2D eigenvalue weighted by molar-refractivity contribution is -0.136. The van der Waals surface area contributed by atoms with E-state index in [2.05, 4.69) is 27.2 Å². The van der Waals surface area contributed by atoms with Crippen molar-refractivity contribution in [1.82, 2.24) is 29.7 Å². The average molecular weight is 542 g/mol. The number of likely N-dealkylation sites (N-methyl/N-ethyl adjacent to an activating group) is 2. The number of amides is 2. The lowest BCUT2D eigenvalue weighted by Gasteiger charge is -2.35. The van der Waals surface area contributed by atoms with Gasteiger partial charge in [0.05, 0.1) is 31.6 Å². The van der Waals surface area contributed by atoms with Gasteiger partial charge < -0.3 is 29.4 Å². The predicted octanol–water partition coefficient (Wildman–Crippen LogP) is 1.33. The molecule has 0 radical (unpaired) electrons. The zero-order chi connectivity index (χ0) is 27.9. The van der Waals surface area contributed by atoms with Gasteiger partial charge in [0.25, 0.3) is 5.91 Å². The third-order valence-electron chi connectivity index (χ3n) is 7.83. The number of carbonyl (C=O) groups is 2. The van der Waals surface area contributed by atoms with Crippen LogP contribution in [0.4, 0.5) is 5.69 Å². The Balaban J connectivity index is 1.46. The number of carbonyl (C=O) groups excluding carboxylic acids is 2. The van der Waals surface area contributed by atoms with Crippen molar-refractivity contribution in [2.45, 2.75) is 52.0 Å². The van der Waals surface area contributed by atoms with Crippen molar-refractivity contribution < 1.29 is 19.4 Å². The lowest BCUT2D eigenvalue weighted by Crippen LogP contribution is -2.47. The maximum Gasteiger partial charge on any atom is 0.253 e. The SMILES string of the molecule is C[C@H](CO)N1C[C@H](C)[C@H](CN(C)C(=O)c2ccc(N3CCN(C)CC3)cc2)OCc2cn(nn2)CCCC1=O. The van der Waals surface area contributed by atoms with E-state index < -0.39 is 0 Å². The van der Waals surface area contributed by atoms with Crippen LogP contribution in [-0.4, -0.2) is 119 Å².